The Labute approximate surface area is 113 Å². The molecule has 0 saturated carbocycles. The fraction of sp³-hybridized carbons (Fsp3) is 0.500. The molecule has 2 rings (SSSR count). The highest BCUT2D eigenvalue weighted by Crippen LogP contribution is 2.18. The van der Waals surface area contributed by atoms with Gasteiger partial charge in [0, 0.05) is 32.2 Å². The molecule has 1 fully saturated rings. The summed E-state index contributed by atoms with van der Waals surface area (Å²) in [5, 5.41) is 6.22. The number of hydrogen-bond acceptors (Lipinski definition) is 3. The van der Waals surface area contributed by atoms with Crippen molar-refractivity contribution in [2.45, 2.75) is 13.0 Å². The minimum Gasteiger partial charge on any atom is -0.497 e. The second-order valence-corrected chi connectivity index (χ2v) is 4.67. The normalized spacial score (nSPS) is 16.3. The van der Waals surface area contributed by atoms with Gasteiger partial charge in [0.25, 0.3) is 0 Å². The Morgan fingerprint density at radius 2 is 2.37 bits per heavy atom. The van der Waals surface area contributed by atoms with E-state index in [0.29, 0.717) is 0 Å². The lowest BCUT2D eigenvalue weighted by Gasteiger charge is -2.18. The van der Waals surface area contributed by atoms with E-state index in [0.717, 1.165) is 31.9 Å². The van der Waals surface area contributed by atoms with Crippen molar-refractivity contribution < 1.29 is 9.53 Å². The molecule has 1 aliphatic heterocycles. The third kappa shape index (κ3) is 3.61. The summed E-state index contributed by atoms with van der Waals surface area (Å²) in [6.07, 6.45) is 0. The molecule has 0 aliphatic carbocycles. The minimum atomic E-state index is 0.0378. The molecule has 0 spiro atoms. The number of carbonyl (C=O) groups is 1. The van der Waals surface area contributed by atoms with Gasteiger partial charge in [-0.2, -0.15) is 0 Å². The lowest BCUT2D eigenvalue weighted by molar-refractivity contribution is 0.217. The number of benzene rings is 1. The van der Waals surface area contributed by atoms with E-state index < -0.39 is 0 Å². The molecular formula is C14H21N3O2. The molecule has 1 aromatic carbocycles. The van der Waals surface area contributed by atoms with Crippen LogP contribution in [0.2, 0.25) is 0 Å². The fourth-order valence-corrected chi connectivity index (χ4v) is 2.17. The fourth-order valence-electron chi connectivity index (χ4n) is 2.17. The Morgan fingerprint density at radius 1 is 1.53 bits per heavy atom. The summed E-state index contributed by atoms with van der Waals surface area (Å²) in [6, 6.07) is 8.30. The number of nitrogens with one attached hydrogen (secondary N) is 2. The van der Waals surface area contributed by atoms with Crippen LogP contribution in [0, 0.1) is 0 Å². The van der Waals surface area contributed by atoms with E-state index in [2.05, 4.69) is 23.6 Å². The quantitative estimate of drug-likeness (QED) is 0.815. The van der Waals surface area contributed by atoms with E-state index in [9.17, 15) is 4.79 Å². The third-order valence-corrected chi connectivity index (χ3v) is 3.37. The molecule has 1 saturated heterocycles. The molecule has 2 N–H and O–H groups in total. The zero-order valence-electron chi connectivity index (χ0n) is 11.5. The molecule has 0 unspecified atom stereocenters. The molecule has 1 atom stereocenters. The van der Waals surface area contributed by atoms with E-state index in [1.54, 1.807) is 7.11 Å². The van der Waals surface area contributed by atoms with Crippen LogP contribution in [-0.4, -0.2) is 44.2 Å². The SMILES string of the molecule is COc1cccc([C@@H](C)NCCN2CCNC2=O)c1. The average Bonchev–Trinajstić information content (AvgIpc) is 2.84. The first kappa shape index (κ1) is 13.7. The number of rotatable bonds is 6. The second-order valence-electron chi connectivity index (χ2n) is 4.67. The molecule has 1 aliphatic rings. The summed E-state index contributed by atoms with van der Waals surface area (Å²) in [6.45, 7) is 5.18. The third-order valence-electron chi connectivity index (χ3n) is 3.37. The first-order valence-corrected chi connectivity index (χ1v) is 6.61. The van der Waals surface area contributed by atoms with Gasteiger partial charge in [-0.05, 0) is 24.6 Å². The molecule has 2 amide bonds. The molecule has 5 nitrogen and oxygen atoms in total. The maximum absolute atomic E-state index is 11.4. The minimum absolute atomic E-state index is 0.0378. The summed E-state index contributed by atoms with van der Waals surface area (Å²) in [7, 11) is 1.67. The molecule has 19 heavy (non-hydrogen) atoms. The van der Waals surface area contributed by atoms with Crippen LogP contribution in [0.3, 0.4) is 0 Å². The summed E-state index contributed by atoms with van der Waals surface area (Å²) >= 11 is 0. The van der Waals surface area contributed by atoms with Crippen molar-refractivity contribution in [2.24, 2.45) is 0 Å². The van der Waals surface area contributed by atoms with Gasteiger partial charge in [0.15, 0.2) is 0 Å². The lowest BCUT2D eigenvalue weighted by atomic mass is 10.1. The number of carbonyl (C=O) groups excluding carboxylic acids is 1. The Kier molecular flexibility index (Phi) is 4.63. The van der Waals surface area contributed by atoms with Crippen LogP contribution < -0.4 is 15.4 Å². The molecule has 104 valence electrons. The van der Waals surface area contributed by atoms with Crippen LogP contribution in [0.4, 0.5) is 4.79 Å². The smallest absolute Gasteiger partial charge is 0.317 e. The van der Waals surface area contributed by atoms with E-state index in [4.69, 9.17) is 4.74 Å². The van der Waals surface area contributed by atoms with Crippen molar-refractivity contribution in [3.05, 3.63) is 29.8 Å². The number of hydrogen-bond donors (Lipinski definition) is 2. The van der Waals surface area contributed by atoms with E-state index >= 15 is 0 Å². The molecular weight excluding hydrogens is 242 g/mol. The van der Waals surface area contributed by atoms with Crippen LogP contribution >= 0.6 is 0 Å². The lowest BCUT2D eigenvalue weighted by Crippen LogP contribution is -2.35. The predicted molar refractivity (Wildman–Crippen MR) is 74.4 cm³/mol. The van der Waals surface area contributed by atoms with Crippen LogP contribution in [0.5, 0.6) is 5.75 Å². The summed E-state index contributed by atoms with van der Waals surface area (Å²) < 4.78 is 5.22. The maximum atomic E-state index is 11.4. The molecule has 5 heteroatoms. The topological polar surface area (TPSA) is 53.6 Å². The van der Waals surface area contributed by atoms with Gasteiger partial charge in [-0.25, -0.2) is 4.79 Å². The Morgan fingerprint density at radius 3 is 3.05 bits per heavy atom. The zero-order chi connectivity index (χ0) is 13.7. The summed E-state index contributed by atoms with van der Waals surface area (Å²) in [5.41, 5.74) is 1.19. The van der Waals surface area contributed by atoms with Gasteiger partial charge in [-0.3, -0.25) is 0 Å². The van der Waals surface area contributed by atoms with Crippen LogP contribution in [-0.2, 0) is 0 Å². The van der Waals surface area contributed by atoms with Crippen molar-refractivity contribution >= 4 is 6.03 Å². The van der Waals surface area contributed by atoms with Gasteiger partial charge in [-0.15, -0.1) is 0 Å². The first-order chi connectivity index (χ1) is 9.20. The van der Waals surface area contributed by atoms with Gasteiger partial charge >= 0.3 is 6.03 Å². The van der Waals surface area contributed by atoms with Crippen molar-refractivity contribution in [2.75, 3.05) is 33.3 Å². The van der Waals surface area contributed by atoms with Gasteiger partial charge in [0.05, 0.1) is 7.11 Å². The summed E-state index contributed by atoms with van der Waals surface area (Å²) in [5.74, 6) is 0.866. The van der Waals surface area contributed by atoms with Crippen molar-refractivity contribution in [1.29, 1.82) is 0 Å². The number of amides is 2. The molecule has 0 aromatic heterocycles. The Bertz CT molecular complexity index is 436. The van der Waals surface area contributed by atoms with Gasteiger partial charge in [0.1, 0.15) is 5.75 Å². The van der Waals surface area contributed by atoms with E-state index in [1.807, 2.05) is 23.1 Å². The Hall–Kier alpha value is -1.75. The van der Waals surface area contributed by atoms with Gasteiger partial charge in [-0.1, -0.05) is 12.1 Å². The second kappa shape index (κ2) is 6.43. The highest BCUT2D eigenvalue weighted by Gasteiger charge is 2.18. The highest BCUT2D eigenvalue weighted by atomic mass is 16.5. The van der Waals surface area contributed by atoms with Crippen LogP contribution in [0.25, 0.3) is 0 Å². The van der Waals surface area contributed by atoms with Crippen molar-refractivity contribution in [1.82, 2.24) is 15.5 Å². The van der Waals surface area contributed by atoms with E-state index in [1.165, 1.54) is 5.56 Å². The summed E-state index contributed by atoms with van der Waals surface area (Å²) in [4.78, 5) is 13.2. The Balaban J connectivity index is 1.80. The molecule has 0 radical (unpaired) electrons. The van der Waals surface area contributed by atoms with Crippen LogP contribution in [0.1, 0.15) is 18.5 Å². The monoisotopic (exact) mass is 263 g/mol. The first-order valence-electron chi connectivity index (χ1n) is 6.61. The van der Waals surface area contributed by atoms with Gasteiger partial charge < -0.3 is 20.3 Å². The van der Waals surface area contributed by atoms with Crippen molar-refractivity contribution in [3.8, 4) is 5.75 Å². The number of urea groups is 1. The standard InChI is InChI=1S/C14H21N3O2/c1-11(12-4-3-5-13(10-12)19-2)15-6-8-17-9-7-16-14(17)18/h3-5,10-11,15H,6-9H2,1-2H3,(H,16,18)/t11-/m1/s1. The largest absolute Gasteiger partial charge is 0.497 e. The molecule has 0 bridgehead atoms. The van der Waals surface area contributed by atoms with Crippen LogP contribution in [0.15, 0.2) is 24.3 Å². The number of nitrogens with zero attached hydrogens (tertiary/aromatic N) is 1. The highest BCUT2D eigenvalue weighted by molar-refractivity contribution is 5.76. The molecule has 1 heterocycles. The molecule has 1 aromatic rings. The number of methoxy groups -OCH3 is 1. The van der Waals surface area contributed by atoms with Gasteiger partial charge in [0.2, 0.25) is 0 Å². The predicted octanol–water partition coefficient (Wildman–Crippen LogP) is 1.37. The maximum Gasteiger partial charge on any atom is 0.317 e. The average molecular weight is 263 g/mol. The van der Waals surface area contributed by atoms with E-state index in [-0.39, 0.29) is 12.1 Å². The number of ether oxygens (including phenoxy) is 1. The zero-order valence-corrected chi connectivity index (χ0v) is 11.5. The van der Waals surface area contributed by atoms with Crippen molar-refractivity contribution in [3.63, 3.8) is 0 Å².